The maximum atomic E-state index is 8.73. The Morgan fingerprint density at radius 2 is 1.90 bits per heavy atom. The van der Waals surface area contributed by atoms with Crippen molar-refractivity contribution in [1.29, 1.82) is 0 Å². The Morgan fingerprint density at radius 3 is 2.57 bits per heavy atom. The van der Waals surface area contributed by atoms with Crippen molar-refractivity contribution in [2.45, 2.75) is 25.4 Å². The molecular formula is C18H19NOS. The van der Waals surface area contributed by atoms with E-state index in [-0.39, 0.29) is 6.61 Å². The van der Waals surface area contributed by atoms with Gasteiger partial charge in [-0.05, 0) is 43.1 Å². The monoisotopic (exact) mass is 297 g/mol. The molecule has 0 saturated heterocycles. The van der Waals surface area contributed by atoms with Crippen LogP contribution in [0.1, 0.15) is 20.9 Å². The molecule has 108 valence electrons. The van der Waals surface area contributed by atoms with E-state index in [4.69, 9.17) is 5.11 Å². The van der Waals surface area contributed by atoms with Gasteiger partial charge in [-0.2, -0.15) is 0 Å². The van der Waals surface area contributed by atoms with Gasteiger partial charge in [0.1, 0.15) is 6.61 Å². The summed E-state index contributed by atoms with van der Waals surface area (Å²) in [6.07, 6.45) is 2.30. The topological polar surface area (TPSA) is 23.5 Å². The Bertz CT molecular complexity index is 655. The molecule has 0 bridgehead atoms. The summed E-state index contributed by atoms with van der Waals surface area (Å²) in [4.78, 5) is 4.80. The van der Waals surface area contributed by atoms with Gasteiger partial charge in [0.2, 0.25) is 0 Å². The average Bonchev–Trinajstić information content (AvgIpc) is 3.11. The minimum absolute atomic E-state index is 0.0759. The summed E-state index contributed by atoms with van der Waals surface area (Å²) in [5, 5.41) is 8.73. The molecule has 0 atom stereocenters. The molecule has 3 heteroatoms. The highest BCUT2D eigenvalue weighted by molar-refractivity contribution is 7.12. The lowest BCUT2D eigenvalue weighted by Gasteiger charge is -2.23. The van der Waals surface area contributed by atoms with Crippen LogP contribution in [0.25, 0.3) is 0 Å². The minimum atomic E-state index is -0.0759. The van der Waals surface area contributed by atoms with Crippen molar-refractivity contribution < 1.29 is 5.11 Å². The quantitative estimate of drug-likeness (QED) is 0.881. The van der Waals surface area contributed by atoms with E-state index < -0.39 is 0 Å². The van der Waals surface area contributed by atoms with E-state index in [1.165, 1.54) is 16.0 Å². The van der Waals surface area contributed by atoms with Crippen LogP contribution in [0, 0.1) is 11.8 Å². The van der Waals surface area contributed by atoms with Crippen LogP contribution in [-0.2, 0) is 19.4 Å². The van der Waals surface area contributed by atoms with Crippen molar-refractivity contribution in [3.8, 4) is 11.8 Å². The first kappa shape index (κ1) is 14.3. The maximum Gasteiger partial charge on any atom is 0.104 e. The van der Waals surface area contributed by atoms with E-state index >= 15 is 0 Å². The van der Waals surface area contributed by atoms with Crippen LogP contribution in [0.15, 0.2) is 36.4 Å². The highest BCUT2D eigenvalue weighted by Crippen LogP contribution is 2.26. The van der Waals surface area contributed by atoms with Crippen molar-refractivity contribution >= 4 is 11.3 Å². The fraction of sp³-hybridized carbons (Fsp3) is 0.333. The lowest BCUT2D eigenvalue weighted by Crippen LogP contribution is -2.31. The van der Waals surface area contributed by atoms with E-state index in [2.05, 4.69) is 54.1 Å². The van der Waals surface area contributed by atoms with Crippen molar-refractivity contribution in [2.24, 2.45) is 0 Å². The van der Waals surface area contributed by atoms with Gasteiger partial charge in [-0.3, -0.25) is 4.90 Å². The molecule has 1 aliphatic rings. The van der Waals surface area contributed by atoms with Gasteiger partial charge in [0.25, 0.3) is 0 Å². The molecular weight excluding hydrogens is 278 g/mol. The third kappa shape index (κ3) is 3.36. The summed E-state index contributed by atoms with van der Waals surface area (Å²) < 4.78 is 0. The Morgan fingerprint density at radius 1 is 1.19 bits per heavy atom. The Hall–Kier alpha value is -1.60. The first-order valence-corrected chi connectivity index (χ1v) is 8.03. The summed E-state index contributed by atoms with van der Waals surface area (Å²) in [7, 11) is 2.20. The van der Waals surface area contributed by atoms with Gasteiger partial charge >= 0.3 is 0 Å². The zero-order chi connectivity index (χ0) is 14.7. The minimum Gasteiger partial charge on any atom is -0.384 e. The third-order valence-corrected chi connectivity index (χ3v) is 5.00. The maximum absolute atomic E-state index is 8.73. The summed E-state index contributed by atoms with van der Waals surface area (Å²) >= 11 is 1.72. The molecule has 1 aromatic carbocycles. The summed E-state index contributed by atoms with van der Waals surface area (Å²) in [6, 6.07) is 13.5. The first-order valence-electron chi connectivity index (χ1n) is 7.21. The van der Waals surface area contributed by atoms with Gasteiger partial charge in [0.05, 0.1) is 4.88 Å². The summed E-state index contributed by atoms with van der Waals surface area (Å²) in [5.41, 5.74) is 2.99. The number of hydrogen-bond acceptors (Lipinski definition) is 3. The van der Waals surface area contributed by atoms with Crippen molar-refractivity contribution in [1.82, 2.24) is 4.90 Å². The van der Waals surface area contributed by atoms with Gasteiger partial charge in [0, 0.05) is 17.5 Å². The number of benzene rings is 1. The average molecular weight is 297 g/mol. The fourth-order valence-corrected chi connectivity index (χ4v) is 3.82. The molecule has 0 saturated carbocycles. The molecule has 0 spiro atoms. The zero-order valence-corrected chi connectivity index (χ0v) is 13.0. The summed E-state index contributed by atoms with van der Waals surface area (Å²) in [6.45, 7) is 0.887. The Labute approximate surface area is 130 Å². The van der Waals surface area contributed by atoms with Crippen LogP contribution in [0.2, 0.25) is 0 Å². The van der Waals surface area contributed by atoms with Crippen molar-refractivity contribution in [2.75, 3.05) is 13.7 Å². The van der Waals surface area contributed by atoms with Gasteiger partial charge in [-0.15, -0.1) is 11.3 Å². The van der Waals surface area contributed by atoms with Crippen LogP contribution in [0.5, 0.6) is 0 Å². The molecule has 0 unspecified atom stereocenters. The highest BCUT2D eigenvalue weighted by atomic mass is 32.1. The van der Waals surface area contributed by atoms with E-state index in [1.54, 1.807) is 11.3 Å². The first-order chi connectivity index (χ1) is 10.3. The van der Waals surface area contributed by atoms with Gasteiger partial charge in [0.15, 0.2) is 0 Å². The number of hydrogen-bond donors (Lipinski definition) is 1. The molecule has 21 heavy (non-hydrogen) atoms. The molecule has 1 heterocycles. The van der Waals surface area contributed by atoms with Gasteiger partial charge < -0.3 is 5.11 Å². The van der Waals surface area contributed by atoms with Crippen molar-refractivity contribution in [3.05, 3.63) is 57.3 Å². The van der Waals surface area contributed by atoms with Crippen LogP contribution >= 0.6 is 11.3 Å². The number of fused-ring (bicyclic) bond motifs is 1. The second-order valence-corrected chi connectivity index (χ2v) is 6.64. The van der Waals surface area contributed by atoms with E-state index in [1.807, 2.05) is 6.07 Å². The second-order valence-electron chi connectivity index (χ2n) is 5.47. The van der Waals surface area contributed by atoms with Crippen molar-refractivity contribution in [3.63, 3.8) is 0 Å². The Kier molecular flexibility index (Phi) is 4.40. The molecule has 0 fully saturated rings. The summed E-state index contributed by atoms with van der Waals surface area (Å²) in [5.74, 6) is 5.67. The van der Waals surface area contributed by atoms with Gasteiger partial charge in [-0.25, -0.2) is 0 Å². The molecule has 3 rings (SSSR count). The normalized spacial score (nSPS) is 14.0. The molecule has 1 aromatic heterocycles. The molecule has 0 aliphatic heterocycles. The molecule has 1 N–H and O–H groups in total. The van der Waals surface area contributed by atoms with Crippen LogP contribution in [-0.4, -0.2) is 29.7 Å². The number of nitrogens with zero attached hydrogens (tertiary/aromatic N) is 1. The molecule has 0 radical (unpaired) electrons. The third-order valence-electron chi connectivity index (χ3n) is 4.01. The predicted molar refractivity (Wildman–Crippen MR) is 87.4 cm³/mol. The smallest absolute Gasteiger partial charge is 0.104 e. The standard InChI is InChI=1S/C18H19NOS/c1-19(13-18-9-8-17(21-18)7-4-10-20)16-11-14-5-2-3-6-15(14)12-16/h2-3,5-6,8-9,16,20H,10-13H2,1H3. The molecule has 0 amide bonds. The zero-order valence-electron chi connectivity index (χ0n) is 12.2. The molecule has 2 nitrogen and oxygen atoms in total. The predicted octanol–water partition coefficient (Wildman–Crippen LogP) is 2.69. The van der Waals surface area contributed by atoms with E-state index in [0.717, 1.165) is 24.3 Å². The largest absolute Gasteiger partial charge is 0.384 e. The SMILES string of the molecule is CN(Cc1ccc(C#CCO)s1)C1Cc2ccccc2C1. The molecule has 1 aliphatic carbocycles. The lowest BCUT2D eigenvalue weighted by molar-refractivity contribution is 0.243. The fourth-order valence-electron chi connectivity index (χ4n) is 2.88. The van der Waals surface area contributed by atoms with Gasteiger partial charge in [-0.1, -0.05) is 36.1 Å². The van der Waals surface area contributed by atoms with E-state index in [9.17, 15) is 0 Å². The number of likely N-dealkylation sites (N-methyl/N-ethyl adjacent to an activating group) is 1. The van der Waals surface area contributed by atoms with Crippen LogP contribution in [0.3, 0.4) is 0 Å². The van der Waals surface area contributed by atoms with E-state index in [0.29, 0.717) is 6.04 Å². The number of aliphatic hydroxyl groups excluding tert-OH is 1. The Balaban J connectivity index is 1.62. The van der Waals surface area contributed by atoms with Crippen LogP contribution in [0.4, 0.5) is 0 Å². The number of aliphatic hydroxyl groups is 1. The highest BCUT2D eigenvalue weighted by Gasteiger charge is 2.24. The number of rotatable bonds is 3. The number of thiophene rings is 1. The second kappa shape index (κ2) is 6.44. The lowest BCUT2D eigenvalue weighted by atomic mass is 10.1. The van der Waals surface area contributed by atoms with Crippen LogP contribution < -0.4 is 0 Å². The molecule has 2 aromatic rings.